The van der Waals surface area contributed by atoms with Gasteiger partial charge < -0.3 is 10.1 Å². The van der Waals surface area contributed by atoms with E-state index in [4.69, 9.17) is 4.74 Å². The third kappa shape index (κ3) is 3.41. The molecule has 2 nitrogen and oxygen atoms in total. The van der Waals surface area contributed by atoms with Gasteiger partial charge in [-0.15, -0.1) is 0 Å². The van der Waals surface area contributed by atoms with Crippen LogP contribution in [-0.4, -0.2) is 36.8 Å². The van der Waals surface area contributed by atoms with Crippen molar-refractivity contribution in [2.24, 2.45) is 5.92 Å². The lowest BCUT2D eigenvalue weighted by Crippen LogP contribution is -2.48. The molecule has 1 spiro atoms. The van der Waals surface area contributed by atoms with Crippen molar-refractivity contribution < 1.29 is 4.74 Å². The van der Waals surface area contributed by atoms with Crippen LogP contribution in [0.1, 0.15) is 31.2 Å². The van der Waals surface area contributed by atoms with Gasteiger partial charge in [-0.05, 0) is 79.0 Å². The molecule has 1 aromatic heterocycles. The molecule has 1 N–H and O–H groups in total. The minimum atomic E-state index is 0.206. The van der Waals surface area contributed by atoms with Gasteiger partial charge in [-0.1, -0.05) is 0 Å². The highest BCUT2D eigenvalue weighted by atomic mass is 32.2. The van der Waals surface area contributed by atoms with E-state index in [1.54, 1.807) is 11.3 Å². The molecule has 0 aliphatic carbocycles. The van der Waals surface area contributed by atoms with Crippen molar-refractivity contribution in [1.29, 1.82) is 0 Å². The molecule has 4 heteroatoms. The van der Waals surface area contributed by atoms with Gasteiger partial charge in [0.2, 0.25) is 0 Å². The molecule has 0 aromatic carbocycles. The molecule has 0 saturated carbocycles. The summed E-state index contributed by atoms with van der Waals surface area (Å²) in [5.41, 5.74) is 1.69. The van der Waals surface area contributed by atoms with Gasteiger partial charge in [0.1, 0.15) is 0 Å². The lowest BCUT2D eigenvalue weighted by molar-refractivity contribution is -0.106. The zero-order valence-corrected chi connectivity index (χ0v) is 13.9. The minimum Gasteiger partial charge on any atom is -0.375 e. The van der Waals surface area contributed by atoms with E-state index in [2.05, 4.69) is 41.0 Å². The van der Waals surface area contributed by atoms with Crippen molar-refractivity contribution in [2.75, 3.05) is 25.2 Å². The summed E-state index contributed by atoms with van der Waals surface area (Å²) in [6.07, 6.45) is 6.13. The predicted molar refractivity (Wildman–Crippen MR) is 88.8 cm³/mol. The van der Waals surface area contributed by atoms with Crippen LogP contribution in [0.25, 0.3) is 0 Å². The summed E-state index contributed by atoms with van der Waals surface area (Å²) in [4.78, 5) is 0. The number of nitrogens with one attached hydrogen (secondary N) is 1. The SMILES string of the molecule is CNC(Cc1ccsc1)C1CCOC2(CCSCC2)C1. The van der Waals surface area contributed by atoms with Crippen LogP contribution in [0.2, 0.25) is 0 Å². The fourth-order valence-electron chi connectivity index (χ4n) is 3.67. The van der Waals surface area contributed by atoms with Gasteiger partial charge in [0, 0.05) is 12.6 Å². The second kappa shape index (κ2) is 6.82. The highest BCUT2D eigenvalue weighted by Gasteiger charge is 2.40. The standard InChI is InChI=1S/C16H25NOS2/c1-17-15(10-13-3-7-20-12-13)14-2-6-18-16(11-14)4-8-19-9-5-16/h3,7,12,14-15,17H,2,4-6,8-11H2,1H3. The van der Waals surface area contributed by atoms with E-state index in [0.717, 1.165) is 18.9 Å². The van der Waals surface area contributed by atoms with Crippen molar-refractivity contribution in [3.63, 3.8) is 0 Å². The van der Waals surface area contributed by atoms with E-state index in [1.165, 1.54) is 42.8 Å². The molecule has 2 saturated heterocycles. The van der Waals surface area contributed by atoms with Crippen molar-refractivity contribution >= 4 is 23.1 Å². The maximum absolute atomic E-state index is 6.23. The number of hydrogen-bond donors (Lipinski definition) is 1. The van der Waals surface area contributed by atoms with Crippen LogP contribution in [0.4, 0.5) is 0 Å². The Morgan fingerprint density at radius 2 is 2.30 bits per heavy atom. The molecule has 2 aliphatic heterocycles. The lowest BCUT2D eigenvalue weighted by atomic mass is 9.77. The van der Waals surface area contributed by atoms with Gasteiger partial charge >= 0.3 is 0 Å². The summed E-state index contributed by atoms with van der Waals surface area (Å²) in [7, 11) is 2.12. The molecule has 0 bridgehead atoms. The van der Waals surface area contributed by atoms with E-state index in [-0.39, 0.29) is 5.60 Å². The number of thioether (sulfide) groups is 1. The third-order valence-electron chi connectivity index (χ3n) is 4.91. The van der Waals surface area contributed by atoms with Crippen LogP contribution in [0.5, 0.6) is 0 Å². The average Bonchev–Trinajstić information content (AvgIpc) is 2.98. The van der Waals surface area contributed by atoms with Crippen molar-refractivity contribution in [3.8, 4) is 0 Å². The summed E-state index contributed by atoms with van der Waals surface area (Å²) < 4.78 is 6.23. The Morgan fingerprint density at radius 1 is 1.45 bits per heavy atom. The molecule has 20 heavy (non-hydrogen) atoms. The molecule has 0 amide bonds. The molecule has 112 valence electrons. The van der Waals surface area contributed by atoms with E-state index in [0.29, 0.717) is 6.04 Å². The van der Waals surface area contributed by atoms with Gasteiger partial charge in [-0.3, -0.25) is 0 Å². The largest absolute Gasteiger partial charge is 0.375 e. The average molecular weight is 312 g/mol. The Hall–Kier alpha value is -0.0300. The van der Waals surface area contributed by atoms with Crippen LogP contribution >= 0.6 is 23.1 Å². The topological polar surface area (TPSA) is 21.3 Å². The fourth-order valence-corrected chi connectivity index (χ4v) is 5.59. The first-order valence-electron chi connectivity index (χ1n) is 7.71. The zero-order valence-electron chi connectivity index (χ0n) is 12.3. The van der Waals surface area contributed by atoms with Gasteiger partial charge in [-0.25, -0.2) is 0 Å². The van der Waals surface area contributed by atoms with Crippen LogP contribution < -0.4 is 5.32 Å². The van der Waals surface area contributed by atoms with Gasteiger partial charge in [0.05, 0.1) is 5.60 Å². The van der Waals surface area contributed by atoms with Gasteiger partial charge in [-0.2, -0.15) is 23.1 Å². The molecule has 2 fully saturated rings. The molecule has 3 rings (SSSR count). The van der Waals surface area contributed by atoms with E-state index in [1.807, 2.05) is 0 Å². The first kappa shape index (κ1) is 14.9. The smallest absolute Gasteiger partial charge is 0.0701 e. The van der Waals surface area contributed by atoms with Crippen LogP contribution in [-0.2, 0) is 11.2 Å². The Balaban J connectivity index is 1.65. The summed E-state index contributed by atoms with van der Waals surface area (Å²) >= 11 is 3.89. The number of likely N-dealkylation sites (N-methyl/N-ethyl adjacent to an activating group) is 1. The Kier molecular flexibility index (Phi) is 5.08. The lowest BCUT2D eigenvalue weighted by Gasteiger charge is -2.45. The highest BCUT2D eigenvalue weighted by Crippen LogP contribution is 2.41. The van der Waals surface area contributed by atoms with Crippen LogP contribution in [0.15, 0.2) is 16.8 Å². The molecule has 0 radical (unpaired) electrons. The predicted octanol–water partition coefficient (Wildman–Crippen LogP) is 3.57. The highest BCUT2D eigenvalue weighted by molar-refractivity contribution is 7.99. The fraction of sp³-hybridized carbons (Fsp3) is 0.750. The maximum atomic E-state index is 6.23. The third-order valence-corrected chi connectivity index (χ3v) is 6.63. The number of ether oxygens (including phenoxy) is 1. The molecule has 1 aromatic rings. The second-order valence-electron chi connectivity index (χ2n) is 6.13. The summed E-state index contributed by atoms with van der Waals surface area (Å²) in [5.74, 6) is 3.32. The minimum absolute atomic E-state index is 0.206. The number of thiophene rings is 1. The molecule has 2 aliphatic rings. The van der Waals surface area contributed by atoms with Crippen LogP contribution in [0.3, 0.4) is 0 Å². The molecule has 3 heterocycles. The molecular formula is C16H25NOS2. The Labute approximate surface area is 130 Å². The first-order valence-corrected chi connectivity index (χ1v) is 9.81. The van der Waals surface area contributed by atoms with Gasteiger partial charge in [0.25, 0.3) is 0 Å². The Morgan fingerprint density at radius 3 is 3.00 bits per heavy atom. The molecular weight excluding hydrogens is 286 g/mol. The monoisotopic (exact) mass is 311 g/mol. The molecule has 2 atom stereocenters. The number of rotatable bonds is 4. The molecule has 2 unspecified atom stereocenters. The summed E-state index contributed by atoms with van der Waals surface area (Å²) in [6, 6.07) is 2.86. The number of hydrogen-bond acceptors (Lipinski definition) is 4. The van der Waals surface area contributed by atoms with Gasteiger partial charge in [0.15, 0.2) is 0 Å². The second-order valence-corrected chi connectivity index (χ2v) is 8.13. The zero-order chi connectivity index (χ0) is 13.8. The van der Waals surface area contributed by atoms with E-state index in [9.17, 15) is 0 Å². The summed E-state index contributed by atoms with van der Waals surface area (Å²) in [5, 5.41) is 8.05. The summed E-state index contributed by atoms with van der Waals surface area (Å²) in [6.45, 7) is 0.956. The maximum Gasteiger partial charge on any atom is 0.0701 e. The van der Waals surface area contributed by atoms with E-state index >= 15 is 0 Å². The van der Waals surface area contributed by atoms with Crippen molar-refractivity contribution in [1.82, 2.24) is 5.32 Å². The van der Waals surface area contributed by atoms with Crippen LogP contribution in [0, 0.1) is 5.92 Å². The normalized spacial score (nSPS) is 27.6. The van der Waals surface area contributed by atoms with Crippen molar-refractivity contribution in [2.45, 2.75) is 43.7 Å². The van der Waals surface area contributed by atoms with Crippen molar-refractivity contribution in [3.05, 3.63) is 22.4 Å². The Bertz CT molecular complexity index is 395. The first-order chi connectivity index (χ1) is 9.81. The quantitative estimate of drug-likeness (QED) is 0.918. The van der Waals surface area contributed by atoms with E-state index < -0.39 is 0 Å².